The number of anilines is 2. The summed E-state index contributed by atoms with van der Waals surface area (Å²) < 4.78 is 0. The number of nitrogens with zero attached hydrogens (tertiary/aromatic N) is 2. The lowest BCUT2D eigenvalue weighted by Gasteiger charge is -2.38. The van der Waals surface area contributed by atoms with Crippen molar-refractivity contribution in [3.8, 4) is 0 Å². The highest BCUT2D eigenvalue weighted by atomic mass is 16.2. The second-order valence-electron chi connectivity index (χ2n) is 8.15. The Kier molecular flexibility index (Phi) is 5.67. The Hall–Kier alpha value is -2.34. The SMILES string of the molecule is NC(=O)[C@@H]1CC=CC[C@@H]1NC1CCN(c2cccc(N3CCCC3=O)c2)CC1. The van der Waals surface area contributed by atoms with Crippen molar-refractivity contribution in [2.75, 3.05) is 29.4 Å². The van der Waals surface area contributed by atoms with Crippen molar-refractivity contribution in [2.24, 2.45) is 11.7 Å². The monoisotopic (exact) mass is 382 g/mol. The highest BCUT2D eigenvalue weighted by molar-refractivity contribution is 5.95. The molecule has 1 aromatic carbocycles. The molecule has 0 saturated carbocycles. The number of piperidine rings is 1. The summed E-state index contributed by atoms with van der Waals surface area (Å²) in [4.78, 5) is 28.1. The summed E-state index contributed by atoms with van der Waals surface area (Å²) in [7, 11) is 0. The van der Waals surface area contributed by atoms with Crippen LogP contribution in [0.15, 0.2) is 36.4 Å². The van der Waals surface area contributed by atoms with Crippen LogP contribution >= 0.6 is 0 Å². The molecule has 4 rings (SSSR count). The second-order valence-corrected chi connectivity index (χ2v) is 8.15. The van der Waals surface area contributed by atoms with E-state index in [2.05, 4.69) is 34.5 Å². The molecule has 3 N–H and O–H groups in total. The largest absolute Gasteiger partial charge is 0.371 e. The Labute approximate surface area is 166 Å². The predicted molar refractivity (Wildman–Crippen MR) is 111 cm³/mol. The van der Waals surface area contributed by atoms with Gasteiger partial charge in [0.05, 0.1) is 5.92 Å². The number of carbonyl (C=O) groups is 2. The third-order valence-electron chi connectivity index (χ3n) is 6.32. The predicted octanol–water partition coefficient (Wildman–Crippen LogP) is 2.19. The Morgan fingerprint density at radius 3 is 2.54 bits per heavy atom. The topological polar surface area (TPSA) is 78.7 Å². The van der Waals surface area contributed by atoms with Gasteiger partial charge >= 0.3 is 0 Å². The molecule has 150 valence electrons. The van der Waals surface area contributed by atoms with E-state index in [4.69, 9.17) is 5.73 Å². The van der Waals surface area contributed by atoms with Gasteiger partial charge in [-0.3, -0.25) is 9.59 Å². The molecular formula is C22H30N4O2. The maximum absolute atomic E-state index is 12.0. The van der Waals surface area contributed by atoms with Gasteiger partial charge in [0.25, 0.3) is 0 Å². The maximum atomic E-state index is 12.0. The minimum absolute atomic E-state index is 0.0993. The normalized spacial score (nSPS) is 26.1. The fourth-order valence-corrected chi connectivity index (χ4v) is 4.70. The lowest BCUT2D eigenvalue weighted by Crippen LogP contribution is -2.51. The van der Waals surface area contributed by atoms with Gasteiger partial charge in [0, 0.05) is 49.5 Å². The number of carbonyl (C=O) groups excluding carboxylic acids is 2. The lowest BCUT2D eigenvalue weighted by molar-refractivity contribution is -0.122. The van der Waals surface area contributed by atoms with E-state index in [-0.39, 0.29) is 23.8 Å². The summed E-state index contributed by atoms with van der Waals surface area (Å²) in [5.74, 6) is -0.0733. The van der Waals surface area contributed by atoms with Gasteiger partial charge in [-0.25, -0.2) is 0 Å². The fourth-order valence-electron chi connectivity index (χ4n) is 4.70. The van der Waals surface area contributed by atoms with E-state index in [0.717, 1.165) is 57.4 Å². The number of primary amides is 1. The average Bonchev–Trinajstić information content (AvgIpc) is 3.15. The second kappa shape index (κ2) is 8.35. The molecule has 0 spiro atoms. The van der Waals surface area contributed by atoms with E-state index in [1.807, 2.05) is 17.0 Å². The highest BCUT2D eigenvalue weighted by Crippen LogP contribution is 2.28. The molecule has 1 aromatic rings. The van der Waals surface area contributed by atoms with Crippen LogP contribution in [0.2, 0.25) is 0 Å². The maximum Gasteiger partial charge on any atom is 0.227 e. The van der Waals surface area contributed by atoms with E-state index >= 15 is 0 Å². The minimum atomic E-state index is -0.201. The number of rotatable bonds is 5. The molecule has 6 heteroatoms. The third-order valence-corrected chi connectivity index (χ3v) is 6.32. The molecule has 2 aliphatic heterocycles. The summed E-state index contributed by atoms with van der Waals surface area (Å²) >= 11 is 0. The van der Waals surface area contributed by atoms with Crippen molar-refractivity contribution in [3.63, 3.8) is 0 Å². The number of hydrogen-bond acceptors (Lipinski definition) is 4. The molecule has 28 heavy (non-hydrogen) atoms. The summed E-state index contributed by atoms with van der Waals surface area (Å²) in [6, 6.07) is 8.92. The summed E-state index contributed by atoms with van der Waals surface area (Å²) in [5, 5.41) is 3.69. The molecule has 0 bridgehead atoms. The van der Waals surface area contributed by atoms with E-state index < -0.39 is 0 Å². The molecule has 2 atom stereocenters. The first-order valence-corrected chi connectivity index (χ1v) is 10.5. The van der Waals surface area contributed by atoms with Crippen LogP contribution in [0.1, 0.15) is 38.5 Å². The van der Waals surface area contributed by atoms with E-state index in [1.165, 1.54) is 5.69 Å². The smallest absolute Gasteiger partial charge is 0.227 e. The van der Waals surface area contributed by atoms with Gasteiger partial charge in [0.1, 0.15) is 0 Å². The van der Waals surface area contributed by atoms with E-state index in [1.54, 1.807) is 0 Å². The van der Waals surface area contributed by atoms with Crippen molar-refractivity contribution >= 4 is 23.2 Å². The van der Waals surface area contributed by atoms with Gasteiger partial charge in [-0.05, 0) is 50.3 Å². The molecule has 6 nitrogen and oxygen atoms in total. The van der Waals surface area contributed by atoms with Gasteiger partial charge in [0.2, 0.25) is 11.8 Å². The Balaban J connectivity index is 1.35. The van der Waals surface area contributed by atoms with Crippen molar-refractivity contribution in [2.45, 2.75) is 50.6 Å². The summed E-state index contributed by atoms with van der Waals surface area (Å²) in [6.45, 7) is 2.77. The van der Waals surface area contributed by atoms with Crippen LogP contribution in [-0.4, -0.2) is 43.5 Å². The van der Waals surface area contributed by atoms with Gasteiger partial charge in [-0.1, -0.05) is 18.2 Å². The average molecular weight is 383 g/mol. The number of allylic oxidation sites excluding steroid dienone is 1. The molecule has 2 heterocycles. The number of nitrogens with one attached hydrogen (secondary N) is 1. The van der Waals surface area contributed by atoms with Crippen molar-refractivity contribution < 1.29 is 9.59 Å². The first-order chi connectivity index (χ1) is 13.6. The van der Waals surface area contributed by atoms with Gasteiger partial charge in [-0.15, -0.1) is 0 Å². The zero-order valence-corrected chi connectivity index (χ0v) is 16.3. The van der Waals surface area contributed by atoms with E-state index in [9.17, 15) is 9.59 Å². The number of benzene rings is 1. The van der Waals surface area contributed by atoms with Gasteiger partial charge < -0.3 is 20.9 Å². The van der Waals surface area contributed by atoms with Crippen molar-refractivity contribution in [1.29, 1.82) is 0 Å². The number of amides is 2. The van der Waals surface area contributed by atoms with Crippen LogP contribution in [0.25, 0.3) is 0 Å². The molecule has 0 aromatic heterocycles. The number of nitrogens with two attached hydrogens (primary N) is 1. The lowest BCUT2D eigenvalue weighted by atomic mass is 9.87. The Bertz CT molecular complexity index is 755. The molecular weight excluding hydrogens is 352 g/mol. The zero-order valence-electron chi connectivity index (χ0n) is 16.3. The number of hydrogen-bond donors (Lipinski definition) is 2. The fraction of sp³-hybridized carbons (Fsp3) is 0.545. The standard InChI is InChI=1S/C22H30N4O2/c23-22(28)19-7-1-2-8-20(19)24-16-10-13-25(14-11-16)17-5-3-6-18(15-17)26-12-4-9-21(26)27/h1-3,5-6,15-16,19-20,24H,4,7-14H2,(H2,23,28)/t19-,20+/m1/s1. The summed E-state index contributed by atoms with van der Waals surface area (Å²) in [5.41, 5.74) is 7.79. The first kappa shape index (κ1) is 19.0. The molecule has 0 unspecified atom stereocenters. The van der Waals surface area contributed by atoms with E-state index in [0.29, 0.717) is 12.5 Å². The van der Waals surface area contributed by atoms with Crippen LogP contribution in [-0.2, 0) is 9.59 Å². The van der Waals surface area contributed by atoms with Crippen LogP contribution in [0.5, 0.6) is 0 Å². The molecule has 2 saturated heterocycles. The minimum Gasteiger partial charge on any atom is -0.371 e. The summed E-state index contributed by atoms with van der Waals surface area (Å²) in [6.07, 6.45) is 9.52. The van der Waals surface area contributed by atoms with Crippen LogP contribution in [0, 0.1) is 5.92 Å². The molecule has 0 radical (unpaired) electrons. The van der Waals surface area contributed by atoms with Gasteiger partial charge in [-0.2, -0.15) is 0 Å². The Morgan fingerprint density at radius 1 is 1.07 bits per heavy atom. The zero-order chi connectivity index (χ0) is 19.5. The quantitative estimate of drug-likeness (QED) is 0.765. The van der Waals surface area contributed by atoms with Crippen LogP contribution in [0.4, 0.5) is 11.4 Å². The van der Waals surface area contributed by atoms with Crippen molar-refractivity contribution in [1.82, 2.24) is 5.32 Å². The molecule has 3 aliphatic rings. The Morgan fingerprint density at radius 2 is 1.82 bits per heavy atom. The highest BCUT2D eigenvalue weighted by Gasteiger charge is 2.30. The first-order valence-electron chi connectivity index (χ1n) is 10.5. The third kappa shape index (κ3) is 4.07. The van der Waals surface area contributed by atoms with Crippen LogP contribution < -0.4 is 20.9 Å². The molecule has 2 amide bonds. The van der Waals surface area contributed by atoms with Crippen LogP contribution in [0.3, 0.4) is 0 Å². The molecule has 1 aliphatic carbocycles. The van der Waals surface area contributed by atoms with Gasteiger partial charge in [0.15, 0.2) is 0 Å². The molecule has 2 fully saturated rings. The van der Waals surface area contributed by atoms with Crippen molar-refractivity contribution in [3.05, 3.63) is 36.4 Å².